The second kappa shape index (κ2) is 10.1. The van der Waals surface area contributed by atoms with Crippen LogP contribution in [0.1, 0.15) is 62.0 Å². The van der Waals surface area contributed by atoms with Crippen LogP contribution in [-0.2, 0) is 14.3 Å². The Morgan fingerprint density at radius 2 is 1.34 bits per heavy atom. The molecular formula is C28H32N2O5. The number of amides is 2. The van der Waals surface area contributed by atoms with Crippen molar-refractivity contribution in [2.45, 2.75) is 62.9 Å². The molecule has 184 valence electrons. The average molecular weight is 477 g/mol. The first-order valence-corrected chi connectivity index (χ1v) is 12.7. The molecule has 2 amide bonds. The van der Waals surface area contributed by atoms with Gasteiger partial charge in [-0.15, -0.1) is 0 Å². The van der Waals surface area contributed by atoms with Gasteiger partial charge in [-0.1, -0.05) is 67.8 Å². The Balaban J connectivity index is 1.21. The monoisotopic (exact) mass is 476 g/mol. The molecule has 3 aliphatic rings. The number of carbonyl (C=O) groups excluding carboxylic acids is 2. The molecule has 2 fully saturated rings. The summed E-state index contributed by atoms with van der Waals surface area (Å²) in [4.78, 5) is 37.4. The number of rotatable bonds is 6. The van der Waals surface area contributed by atoms with Crippen molar-refractivity contribution in [1.82, 2.24) is 10.6 Å². The number of alkyl carbamates (subject to hydrolysis) is 1. The van der Waals surface area contributed by atoms with E-state index in [0.29, 0.717) is 25.7 Å². The van der Waals surface area contributed by atoms with Crippen LogP contribution in [0.5, 0.6) is 0 Å². The van der Waals surface area contributed by atoms with Crippen molar-refractivity contribution in [3.05, 3.63) is 59.7 Å². The molecule has 0 saturated heterocycles. The van der Waals surface area contributed by atoms with Gasteiger partial charge in [-0.25, -0.2) is 4.79 Å². The number of hydrogen-bond donors (Lipinski definition) is 3. The number of carboxylic acids is 1. The van der Waals surface area contributed by atoms with Gasteiger partial charge in [-0.3, -0.25) is 9.59 Å². The molecule has 0 aliphatic heterocycles. The quantitative estimate of drug-likeness (QED) is 0.571. The highest BCUT2D eigenvalue weighted by atomic mass is 16.5. The van der Waals surface area contributed by atoms with Crippen molar-refractivity contribution in [3.63, 3.8) is 0 Å². The molecule has 0 bridgehead atoms. The Hall–Kier alpha value is -3.35. The Labute approximate surface area is 205 Å². The van der Waals surface area contributed by atoms with Crippen molar-refractivity contribution < 1.29 is 24.2 Å². The van der Waals surface area contributed by atoms with Crippen molar-refractivity contribution in [2.75, 3.05) is 6.61 Å². The average Bonchev–Trinajstić information content (AvgIpc) is 3.46. The first kappa shape index (κ1) is 23.4. The van der Waals surface area contributed by atoms with E-state index in [1.54, 1.807) is 0 Å². The van der Waals surface area contributed by atoms with Crippen LogP contribution < -0.4 is 10.6 Å². The zero-order chi connectivity index (χ0) is 24.4. The molecule has 3 N–H and O–H groups in total. The summed E-state index contributed by atoms with van der Waals surface area (Å²) in [7, 11) is 0. The van der Waals surface area contributed by atoms with Crippen molar-refractivity contribution in [1.29, 1.82) is 0 Å². The zero-order valence-electron chi connectivity index (χ0n) is 19.7. The maximum Gasteiger partial charge on any atom is 0.407 e. The largest absolute Gasteiger partial charge is 0.481 e. The van der Waals surface area contributed by atoms with Crippen LogP contribution in [0, 0.1) is 11.8 Å². The highest BCUT2D eigenvalue weighted by Gasteiger charge is 2.38. The van der Waals surface area contributed by atoms with Gasteiger partial charge in [-0.05, 0) is 47.9 Å². The third kappa shape index (κ3) is 4.77. The predicted octanol–water partition coefficient (Wildman–Crippen LogP) is 4.45. The van der Waals surface area contributed by atoms with E-state index in [9.17, 15) is 19.5 Å². The number of fused-ring (bicyclic) bond motifs is 3. The van der Waals surface area contributed by atoms with Gasteiger partial charge in [0, 0.05) is 18.0 Å². The van der Waals surface area contributed by atoms with E-state index >= 15 is 0 Å². The normalized spacial score (nSPS) is 25.4. The van der Waals surface area contributed by atoms with E-state index in [-0.39, 0.29) is 36.4 Å². The number of nitrogens with one attached hydrogen (secondary N) is 2. The minimum absolute atomic E-state index is 0.0195. The second-order valence-electron chi connectivity index (χ2n) is 9.96. The lowest BCUT2D eigenvalue weighted by atomic mass is 9.83. The van der Waals surface area contributed by atoms with Crippen molar-refractivity contribution >= 4 is 18.0 Å². The van der Waals surface area contributed by atoms with Crippen LogP contribution in [0.25, 0.3) is 11.1 Å². The van der Waals surface area contributed by atoms with Gasteiger partial charge in [0.2, 0.25) is 5.91 Å². The highest BCUT2D eigenvalue weighted by Crippen LogP contribution is 2.44. The molecule has 35 heavy (non-hydrogen) atoms. The Morgan fingerprint density at radius 3 is 2.03 bits per heavy atom. The molecule has 0 heterocycles. The lowest BCUT2D eigenvalue weighted by molar-refractivity contribution is -0.142. The summed E-state index contributed by atoms with van der Waals surface area (Å²) in [5.74, 6) is -1.94. The van der Waals surface area contributed by atoms with E-state index < -0.39 is 18.0 Å². The summed E-state index contributed by atoms with van der Waals surface area (Å²) >= 11 is 0. The summed E-state index contributed by atoms with van der Waals surface area (Å²) in [5, 5.41) is 15.3. The van der Waals surface area contributed by atoms with Gasteiger partial charge in [0.05, 0.1) is 11.8 Å². The van der Waals surface area contributed by atoms with Crippen LogP contribution >= 0.6 is 0 Å². The maximum absolute atomic E-state index is 13.1. The number of hydrogen-bond acceptors (Lipinski definition) is 4. The number of carboxylic acid groups (broad SMARTS) is 1. The van der Waals surface area contributed by atoms with Crippen LogP contribution in [0.2, 0.25) is 0 Å². The zero-order valence-corrected chi connectivity index (χ0v) is 19.7. The van der Waals surface area contributed by atoms with Crippen molar-refractivity contribution in [3.8, 4) is 11.1 Å². The van der Waals surface area contributed by atoms with Gasteiger partial charge in [0.15, 0.2) is 0 Å². The summed E-state index contributed by atoms with van der Waals surface area (Å²) in [6.45, 7) is 0.228. The van der Waals surface area contributed by atoms with Gasteiger partial charge in [0.1, 0.15) is 6.61 Å². The Morgan fingerprint density at radius 1 is 0.771 bits per heavy atom. The fourth-order valence-electron chi connectivity index (χ4n) is 6.13. The molecule has 4 atom stereocenters. The fraction of sp³-hybridized carbons (Fsp3) is 0.464. The smallest absolute Gasteiger partial charge is 0.407 e. The standard InChI is InChI=1S/C28H32N2O5/c31-26(29-25-15-7-13-22(25)27(32)33)21-12-5-6-14-24(21)30-28(34)35-16-23-19-10-3-1-8-17(19)18-9-2-4-11-20(18)23/h1-4,8-11,21-25H,5-7,12-16H2,(H,29,31)(H,30,34)(H,32,33)/t21?,22-,24?,25+/m0/s1. The molecule has 0 radical (unpaired) electrons. The molecule has 7 heteroatoms. The molecule has 0 aromatic heterocycles. The number of aliphatic carboxylic acids is 1. The topological polar surface area (TPSA) is 105 Å². The fourth-order valence-corrected chi connectivity index (χ4v) is 6.13. The highest BCUT2D eigenvalue weighted by molar-refractivity contribution is 5.82. The van der Waals surface area contributed by atoms with E-state index in [0.717, 1.165) is 30.4 Å². The van der Waals surface area contributed by atoms with Crippen LogP contribution in [0.15, 0.2) is 48.5 Å². The lowest BCUT2D eigenvalue weighted by Gasteiger charge is -2.32. The number of ether oxygens (including phenoxy) is 1. The Bertz CT molecular complexity index is 1070. The third-order valence-electron chi connectivity index (χ3n) is 7.91. The van der Waals surface area contributed by atoms with Gasteiger partial charge < -0.3 is 20.5 Å². The third-order valence-corrected chi connectivity index (χ3v) is 7.91. The molecule has 5 rings (SSSR count). The molecule has 2 saturated carbocycles. The summed E-state index contributed by atoms with van der Waals surface area (Å²) < 4.78 is 5.69. The molecule has 2 aromatic rings. The van der Waals surface area contributed by atoms with Gasteiger partial charge >= 0.3 is 12.1 Å². The molecule has 3 aliphatic carbocycles. The van der Waals surface area contributed by atoms with E-state index in [4.69, 9.17) is 4.74 Å². The second-order valence-corrected chi connectivity index (χ2v) is 9.96. The van der Waals surface area contributed by atoms with Crippen LogP contribution in [0.4, 0.5) is 4.79 Å². The molecular weight excluding hydrogens is 444 g/mol. The lowest BCUT2D eigenvalue weighted by Crippen LogP contribution is -2.51. The molecule has 0 spiro atoms. The van der Waals surface area contributed by atoms with Gasteiger partial charge in [-0.2, -0.15) is 0 Å². The van der Waals surface area contributed by atoms with Crippen LogP contribution in [0.3, 0.4) is 0 Å². The molecule has 2 aromatic carbocycles. The minimum Gasteiger partial charge on any atom is -0.481 e. The summed E-state index contributed by atoms with van der Waals surface area (Å²) in [6, 6.07) is 15.7. The Kier molecular flexibility index (Phi) is 6.75. The minimum atomic E-state index is -0.857. The molecule has 2 unspecified atom stereocenters. The first-order chi connectivity index (χ1) is 17.0. The predicted molar refractivity (Wildman–Crippen MR) is 131 cm³/mol. The molecule has 7 nitrogen and oxygen atoms in total. The van der Waals surface area contributed by atoms with Gasteiger partial charge in [0.25, 0.3) is 0 Å². The summed E-state index contributed by atoms with van der Waals surface area (Å²) in [6.07, 6.45) is 4.77. The number of carbonyl (C=O) groups is 3. The van der Waals surface area contributed by atoms with Crippen molar-refractivity contribution in [2.24, 2.45) is 11.8 Å². The first-order valence-electron chi connectivity index (χ1n) is 12.7. The van der Waals surface area contributed by atoms with E-state index in [2.05, 4.69) is 34.9 Å². The van der Waals surface area contributed by atoms with E-state index in [1.165, 1.54) is 11.1 Å². The van der Waals surface area contributed by atoms with Crippen LogP contribution in [-0.4, -0.2) is 41.8 Å². The maximum atomic E-state index is 13.1. The summed E-state index contributed by atoms with van der Waals surface area (Å²) in [5.41, 5.74) is 4.65. The van der Waals surface area contributed by atoms with E-state index in [1.807, 2.05) is 24.3 Å². The SMILES string of the molecule is O=C(NC1CCCCC1C(=O)N[C@@H]1CCC[C@@H]1C(=O)O)OCC1c2ccccc2-c2ccccc21. The number of benzene rings is 2.